The van der Waals surface area contributed by atoms with Crippen molar-refractivity contribution in [3.8, 4) is 5.75 Å². The molecule has 148 valence electrons. The van der Waals surface area contributed by atoms with Crippen LogP contribution >= 0.6 is 0 Å². The van der Waals surface area contributed by atoms with Gasteiger partial charge in [0.05, 0.1) is 12.0 Å². The molecule has 28 heavy (non-hydrogen) atoms. The lowest BCUT2D eigenvalue weighted by Gasteiger charge is -2.08. The molecule has 1 aromatic heterocycles. The summed E-state index contributed by atoms with van der Waals surface area (Å²) in [6.45, 7) is 2.15. The van der Waals surface area contributed by atoms with Gasteiger partial charge >= 0.3 is 0 Å². The Labute approximate surface area is 162 Å². The Kier molecular flexibility index (Phi) is 5.55. The number of halogens is 1. The number of nitrogens with two attached hydrogens (primary N) is 1. The summed E-state index contributed by atoms with van der Waals surface area (Å²) >= 11 is 0. The lowest BCUT2D eigenvalue weighted by atomic mass is 10.1. The molecule has 3 aromatic rings. The van der Waals surface area contributed by atoms with Crippen LogP contribution in [0, 0.1) is 12.7 Å². The first-order valence-corrected chi connectivity index (χ1v) is 10.0. The molecular formula is C19H21FN4O3S. The van der Waals surface area contributed by atoms with Crippen LogP contribution in [-0.2, 0) is 16.4 Å². The molecule has 0 saturated heterocycles. The van der Waals surface area contributed by atoms with Crippen LogP contribution in [0.15, 0.2) is 52.4 Å². The molecule has 0 atom stereocenters. The second kappa shape index (κ2) is 7.89. The third kappa shape index (κ3) is 4.25. The number of aromatic nitrogens is 1. The molecule has 0 spiro atoms. The number of guanidine groups is 1. The molecule has 3 rings (SSSR count). The molecule has 0 unspecified atom stereocenters. The highest BCUT2D eigenvalue weighted by Crippen LogP contribution is 2.23. The van der Waals surface area contributed by atoms with Crippen LogP contribution in [0.5, 0.6) is 5.75 Å². The van der Waals surface area contributed by atoms with Gasteiger partial charge in [0, 0.05) is 23.1 Å². The highest BCUT2D eigenvalue weighted by Gasteiger charge is 2.15. The lowest BCUT2D eigenvalue weighted by molar-refractivity contribution is 0.414. The number of H-pyrrole nitrogens is 1. The zero-order valence-corrected chi connectivity index (χ0v) is 16.3. The van der Waals surface area contributed by atoms with Crippen molar-refractivity contribution in [3.05, 3.63) is 59.5 Å². The zero-order chi connectivity index (χ0) is 20.3. The molecule has 7 nitrogen and oxygen atoms in total. The summed E-state index contributed by atoms with van der Waals surface area (Å²) in [4.78, 5) is 7.33. The number of ether oxygens (including phenoxy) is 1. The first kappa shape index (κ1) is 19.7. The normalized spacial score (nSPS) is 12.3. The van der Waals surface area contributed by atoms with Gasteiger partial charge in [0.2, 0.25) is 5.96 Å². The molecule has 1 heterocycles. The predicted octanol–water partition coefficient (Wildman–Crippen LogP) is 2.46. The molecule has 2 aromatic carbocycles. The van der Waals surface area contributed by atoms with E-state index in [0.717, 1.165) is 22.2 Å². The van der Waals surface area contributed by atoms with E-state index in [4.69, 9.17) is 10.5 Å². The average Bonchev–Trinajstić information content (AvgIpc) is 2.96. The first-order valence-electron chi connectivity index (χ1n) is 8.53. The number of sulfonamides is 1. The lowest BCUT2D eigenvalue weighted by Crippen LogP contribution is -2.37. The number of benzene rings is 2. The minimum atomic E-state index is -3.83. The smallest absolute Gasteiger partial charge is 0.264 e. The van der Waals surface area contributed by atoms with Gasteiger partial charge in [-0.05, 0) is 61.4 Å². The number of hydrogen-bond acceptors (Lipinski definition) is 4. The fourth-order valence-corrected chi connectivity index (χ4v) is 3.90. The van der Waals surface area contributed by atoms with Crippen molar-refractivity contribution < 1.29 is 17.5 Å². The van der Waals surface area contributed by atoms with Gasteiger partial charge in [-0.3, -0.25) is 4.99 Å². The van der Waals surface area contributed by atoms with E-state index in [-0.39, 0.29) is 23.2 Å². The Balaban J connectivity index is 1.69. The highest BCUT2D eigenvalue weighted by molar-refractivity contribution is 7.90. The largest absolute Gasteiger partial charge is 0.497 e. The van der Waals surface area contributed by atoms with Crippen molar-refractivity contribution in [2.45, 2.75) is 18.2 Å². The third-order valence-corrected chi connectivity index (χ3v) is 5.70. The maximum absolute atomic E-state index is 13.5. The Morgan fingerprint density at radius 1 is 1.25 bits per heavy atom. The summed E-state index contributed by atoms with van der Waals surface area (Å²) < 4.78 is 45.5. The summed E-state index contributed by atoms with van der Waals surface area (Å²) in [5.41, 5.74) is 8.40. The monoisotopic (exact) mass is 404 g/mol. The van der Waals surface area contributed by atoms with Crippen LogP contribution in [0.4, 0.5) is 4.39 Å². The average molecular weight is 404 g/mol. The van der Waals surface area contributed by atoms with Crippen LogP contribution in [0.25, 0.3) is 10.9 Å². The molecule has 0 saturated carbocycles. The van der Waals surface area contributed by atoms with Crippen molar-refractivity contribution in [1.29, 1.82) is 0 Å². The zero-order valence-electron chi connectivity index (χ0n) is 15.5. The van der Waals surface area contributed by atoms with E-state index in [1.807, 2.05) is 6.92 Å². The molecular weight excluding hydrogens is 383 g/mol. The Hall–Kier alpha value is -3.07. The number of hydrogen-bond donors (Lipinski definition) is 3. The fraction of sp³-hybridized carbons (Fsp3) is 0.211. The summed E-state index contributed by atoms with van der Waals surface area (Å²) in [6.07, 6.45) is 0.486. The van der Waals surface area contributed by atoms with E-state index >= 15 is 0 Å². The molecule has 0 radical (unpaired) electrons. The number of aryl methyl sites for hydroxylation is 1. The number of aromatic amines is 1. The van der Waals surface area contributed by atoms with E-state index in [2.05, 4.69) is 14.7 Å². The van der Waals surface area contributed by atoms with Gasteiger partial charge in [0.25, 0.3) is 10.0 Å². The van der Waals surface area contributed by atoms with Gasteiger partial charge in [0.15, 0.2) is 0 Å². The Bertz CT molecular complexity index is 1120. The highest BCUT2D eigenvalue weighted by atomic mass is 32.2. The van der Waals surface area contributed by atoms with Crippen LogP contribution in [0.2, 0.25) is 0 Å². The Morgan fingerprint density at radius 2 is 1.96 bits per heavy atom. The van der Waals surface area contributed by atoms with E-state index in [0.29, 0.717) is 12.2 Å². The fourth-order valence-electron chi connectivity index (χ4n) is 2.95. The number of nitrogens with zero attached hydrogens (tertiary/aromatic N) is 1. The minimum Gasteiger partial charge on any atom is -0.497 e. The number of methoxy groups -OCH3 is 1. The van der Waals surface area contributed by atoms with Crippen molar-refractivity contribution in [2.75, 3.05) is 13.7 Å². The van der Waals surface area contributed by atoms with E-state index in [1.54, 1.807) is 18.2 Å². The molecule has 0 fully saturated rings. The topological polar surface area (TPSA) is 110 Å². The number of nitrogens with one attached hydrogen (secondary N) is 2. The van der Waals surface area contributed by atoms with Crippen LogP contribution in [0.1, 0.15) is 11.3 Å². The van der Waals surface area contributed by atoms with Gasteiger partial charge in [-0.15, -0.1) is 0 Å². The first-order chi connectivity index (χ1) is 13.3. The van der Waals surface area contributed by atoms with Gasteiger partial charge in [-0.2, -0.15) is 0 Å². The minimum absolute atomic E-state index is 0.0504. The second-order valence-corrected chi connectivity index (χ2v) is 7.90. The maximum Gasteiger partial charge on any atom is 0.264 e. The van der Waals surface area contributed by atoms with E-state index < -0.39 is 10.0 Å². The van der Waals surface area contributed by atoms with Crippen molar-refractivity contribution in [3.63, 3.8) is 0 Å². The van der Waals surface area contributed by atoms with E-state index in [1.165, 1.54) is 31.4 Å². The molecule has 0 bridgehead atoms. The molecule has 0 aliphatic carbocycles. The SMILES string of the molecule is COc1ccc(S(=O)(=O)NC(N)=NCCc2c(C)[nH]c3ccc(F)cc23)cc1. The molecule has 4 N–H and O–H groups in total. The number of fused-ring (bicyclic) bond motifs is 1. The molecule has 0 aliphatic rings. The molecule has 0 aliphatic heterocycles. The van der Waals surface area contributed by atoms with Crippen LogP contribution in [0.3, 0.4) is 0 Å². The second-order valence-electron chi connectivity index (χ2n) is 6.22. The standard InChI is InChI=1S/C19H21FN4O3S/c1-12-16(17-11-13(20)3-8-18(17)23-12)9-10-22-19(21)24-28(25,26)15-6-4-14(27-2)5-7-15/h3-8,11,23H,9-10H2,1-2H3,(H3,21,22,24). The molecule has 9 heteroatoms. The van der Waals surface area contributed by atoms with Crippen molar-refractivity contribution >= 4 is 26.9 Å². The predicted molar refractivity (Wildman–Crippen MR) is 107 cm³/mol. The number of aliphatic imine (C=N–C) groups is 1. The maximum atomic E-state index is 13.5. The van der Waals surface area contributed by atoms with Crippen molar-refractivity contribution in [1.82, 2.24) is 9.71 Å². The van der Waals surface area contributed by atoms with Crippen molar-refractivity contribution in [2.24, 2.45) is 10.7 Å². The summed E-state index contributed by atoms with van der Waals surface area (Å²) in [6, 6.07) is 10.5. The van der Waals surface area contributed by atoms with E-state index in [9.17, 15) is 12.8 Å². The number of rotatable bonds is 6. The third-order valence-electron chi connectivity index (χ3n) is 4.33. The van der Waals surface area contributed by atoms with Gasteiger partial charge < -0.3 is 15.5 Å². The van der Waals surface area contributed by atoms with Crippen LogP contribution < -0.4 is 15.2 Å². The van der Waals surface area contributed by atoms with Gasteiger partial charge in [-0.1, -0.05) is 0 Å². The molecule has 0 amide bonds. The van der Waals surface area contributed by atoms with Gasteiger partial charge in [-0.25, -0.2) is 17.5 Å². The Morgan fingerprint density at radius 3 is 2.64 bits per heavy atom. The summed E-state index contributed by atoms with van der Waals surface area (Å²) in [5.74, 6) is 0.0219. The quantitative estimate of drug-likeness (QED) is 0.433. The van der Waals surface area contributed by atoms with Gasteiger partial charge in [0.1, 0.15) is 11.6 Å². The summed E-state index contributed by atoms with van der Waals surface area (Å²) in [7, 11) is -2.34. The van der Waals surface area contributed by atoms with Crippen LogP contribution in [-0.4, -0.2) is 33.0 Å². The summed E-state index contributed by atoms with van der Waals surface area (Å²) in [5, 5.41) is 0.782.